The quantitative estimate of drug-likeness (QED) is 0.780. The van der Waals surface area contributed by atoms with Gasteiger partial charge < -0.3 is 15.1 Å². The first-order valence-corrected chi connectivity index (χ1v) is 10.6. The second kappa shape index (κ2) is 6.49. The normalized spacial score (nSPS) is 30.1. The summed E-state index contributed by atoms with van der Waals surface area (Å²) in [5, 5.41) is 6.78. The SMILES string of the molecule is O=C(N[C@@H]1CCS(=O)(=O)C1)C1=NO[C@@]2(CCCN(c3ncccn3)C2)C1. The minimum atomic E-state index is -3.04. The molecule has 2 atom stereocenters. The van der Waals surface area contributed by atoms with E-state index in [4.69, 9.17) is 4.84 Å². The number of hydrogen-bond donors (Lipinski definition) is 1. The predicted octanol–water partition coefficient (Wildman–Crippen LogP) is -0.105. The molecule has 140 valence electrons. The number of piperidine rings is 1. The van der Waals surface area contributed by atoms with Crippen LogP contribution in [-0.4, -0.2) is 66.2 Å². The van der Waals surface area contributed by atoms with Crippen molar-refractivity contribution in [1.82, 2.24) is 15.3 Å². The number of carbonyl (C=O) groups is 1. The minimum absolute atomic E-state index is 0.00283. The predicted molar refractivity (Wildman–Crippen MR) is 94.5 cm³/mol. The molecule has 4 rings (SSSR count). The number of amides is 1. The lowest BCUT2D eigenvalue weighted by Crippen LogP contribution is -2.50. The van der Waals surface area contributed by atoms with E-state index < -0.39 is 15.4 Å². The average molecular weight is 379 g/mol. The Balaban J connectivity index is 1.38. The molecule has 0 aliphatic carbocycles. The molecule has 3 aliphatic rings. The van der Waals surface area contributed by atoms with Gasteiger partial charge in [-0.05, 0) is 25.3 Å². The van der Waals surface area contributed by atoms with Crippen molar-refractivity contribution in [2.75, 3.05) is 29.5 Å². The first kappa shape index (κ1) is 17.2. The third kappa shape index (κ3) is 3.50. The van der Waals surface area contributed by atoms with Crippen LogP contribution in [0.2, 0.25) is 0 Å². The number of nitrogens with zero attached hydrogens (tertiary/aromatic N) is 4. The summed E-state index contributed by atoms with van der Waals surface area (Å²) in [4.78, 5) is 28.7. The Morgan fingerprint density at radius 3 is 2.88 bits per heavy atom. The third-order valence-electron chi connectivity index (χ3n) is 5.04. The van der Waals surface area contributed by atoms with Gasteiger partial charge in [0.1, 0.15) is 5.71 Å². The fourth-order valence-electron chi connectivity index (χ4n) is 3.76. The molecule has 1 spiro atoms. The lowest BCUT2D eigenvalue weighted by atomic mass is 9.88. The van der Waals surface area contributed by atoms with Crippen molar-refractivity contribution in [3.05, 3.63) is 18.5 Å². The van der Waals surface area contributed by atoms with Gasteiger partial charge in [-0.2, -0.15) is 0 Å². The van der Waals surface area contributed by atoms with Crippen molar-refractivity contribution in [1.29, 1.82) is 0 Å². The maximum atomic E-state index is 12.4. The number of oxime groups is 1. The summed E-state index contributed by atoms with van der Waals surface area (Å²) in [6.45, 7) is 1.39. The highest BCUT2D eigenvalue weighted by Crippen LogP contribution is 2.34. The van der Waals surface area contributed by atoms with Crippen molar-refractivity contribution in [3.8, 4) is 0 Å². The third-order valence-corrected chi connectivity index (χ3v) is 6.81. The molecular weight excluding hydrogens is 358 g/mol. The van der Waals surface area contributed by atoms with Crippen LogP contribution >= 0.6 is 0 Å². The van der Waals surface area contributed by atoms with Crippen LogP contribution in [0.1, 0.15) is 25.7 Å². The molecule has 26 heavy (non-hydrogen) atoms. The van der Waals surface area contributed by atoms with Crippen LogP contribution < -0.4 is 10.2 Å². The Hall–Kier alpha value is -2.23. The summed E-state index contributed by atoms with van der Waals surface area (Å²) in [6.07, 6.45) is 5.94. The van der Waals surface area contributed by atoms with Gasteiger partial charge in [0.15, 0.2) is 15.4 Å². The van der Waals surface area contributed by atoms with E-state index in [1.54, 1.807) is 18.5 Å². The van der Waals surface area contributed by atoms with E-state index in [2.05, 4.69) is 20.4 Å². The standard InChI is InChI=1S/C16H21N5O4S/c22-14(19-12-3-8-26(23,24)10-12)13-9-16(25-20-13)4-1-7-21(11-16)15-17-5-2-6-18-15/h2,5-6,12H,1,3-4,7-11H2,(H,19,22)/t12-,16+/m1/s1. The number of rotatable bonds is 3. The zero-order valence-electron chi connectivity index (χ0n) is 14.3. The number of nitrogens with one attached hydrogen (secondary N) is 1. The van der Waals surface area contributed by atoms with Crippen molar-refractivity contribution in [3.63, 3.8) is 0 Å². The van der Waals surface area contributed by atoms with Crippen LogP contribution in [0.4, 0.5) is 5.95 Å². The molecule has 9 nitrogen and oxygen atoms in total. The smallest absolute Gasteiger partial charge is 0.269 e. The first-order valence-electron chi connectivity index (χ1n) is 8.73. The highest BCUT2D eigenvalue weighted by atomic mass is 32.2. The molecule has 0 saturated carbocycles. The molecule has 0 bridgehead atoms. The molecule has 2 saturated heterocycles. The molecule has 1 amide bonds. The Morgan fingerprint density at radius 1 is 1.35 bits per heavy atom. The van der Waals surface area contributed by atoms with Gasteiger partial charge in [0.2, 0.25) is 5.95 Å². The monoisotopic (exact) mass is 379 g/mol. The van der Waals surface area contributed by atoms with Crippen LogP contribution in [0.15, 0.2) is 23.6 Å². The summed E-state index contributed by atoms with van der Waals surface area (Å²) in [5.41, 5.74) is -0.226. The lowest BCUT2D eigenvalue weighted by Gasteiger charge is -2.38. The van der Waals surface area contributed by atoms with Gasteiger partial charge in [-0.3, -0.25) is 4.79 Å². The highest BCUT2D eigenvalue weighted by Gasteiger charge is 2.45. The van der Waals surface area contributed by atoms with Crippen molar-refractivity contribution >= 4 is 27.4 Å². The van der Waals surface area contributed by atoms with E-state index >= 15 is 0 Å². The Bertz CT molecular complexity index is 828. The second-order valence-electron chi connectivity index (χ2n) is 7.14. The molecule has 2 fully saturated rings. The van der Waals surface area contributed by atoms with Gasteiger partial charge >= 0.3 is 0 Å². The fourth-order valence-corrected chi connectivity index (χ4v) is 5.44. The second-order valence-corrected chi connectivity index (χ2v) is 9.37. The molecule has 0 aromatic carbocycles. The number of anilines is 1. The molecule has 4 heterocycles. The van der Waals surface area contributed by atoms with Crippen LogP contribution in [0.25, 0.3) is 0 Å². The molecule has 0 unspecified atom stereocenters. The van der Waals surface area contributed by atoms with E-state index in [1.165, 1.54) is 0 Å². The topological polar surface area (TPSA) is 114 Å². The van der Waals surface area contributed by atoms with E-state index in [0.717, 1.165) is 19.4 Å². The van der Waals surface area contributed by atoms with Gasteiger partial charge in [-0.15, -0.1) is 0 Å². The van der Waals surface area contributed by atoms with E-state index in [9.17, 15) is 13.2 Å². The molecular formula is C16H21N5O4S. The van der Waals surface area contributed by atoms with Crippen molar-refractivity contribution < 1.29 is 18.0 Å². The fraction of sp³-hybridized carbons (Fsp3) is 0.625. The molecule has 1 aromatic rings. The van der Waals surface area contributed by atoms with E-state index in [0.29, 0.717) is 31.0 Å². The summed E-state index contributed by atoms with van der Waals surface area (Å²) in [7, 11) is -3.04. The van der Waals surface area contributed by atoms with Crippen LogP contribution in [0.5, 0.6) is 0 Å². The number of hydrogen-bond acceptors (Lipinski definition) is 8. The largest absolute Gasteiger partial charge is 0.386 e. The van der Waals surface area contributed by atoms with Gasteiger partial charge in [0.05, 0.1) is 18.1 Å². The van der Waals surface area contributed by atoms with Crippen LogP contribution in [0.3, 0.4) is 0 Å². The van der Waals surface area contributed by atoms with Crippen molar-refractivity contribution in [2.45, 2.75) is 37.3 Å². The van der Waals surface area contributed by atoms with Gasteiger partial charge in [0, 0.05) is 31.4 Å². The molecule has 1 aromatic heterocycles. The van der Waals surface area contributed by atoms with Gasteiger partial charge in [0.25, 0.3) is 5.91 Å². The van der Waals surface area contributed by atoms with E-state index in [1.807, 2.05) is 4.90 Å². The maximum absolute atomic E-state index is 12.4. The van der Waals surface area contributed by atoms with Crippen LogP contribution in [0, 0.1) is 0 Å². The summed E-state index contributed by atoms with van der Waals surface area (Å²) in [6, 6.07) is 1.43. The zero-order valence-corrected chi connectivity index (χ0v) is 15.1. The summed E-state index contributed by atoms with van der Waals surface area (Å²) < 4.78 is 23.1. The first-order chi connectivity index (χ1) is 12.4. The van der Waals surface area contributed by atoms with Gasteiger partial charge in [-0.25, -0.2) is 18.4 Å². The Kier molecular flexibility index (Phi) is 4.29. The highest BCUT2D eigenvalue weighted by molar-refractivity contribution is 7.91. The molecule has 10 heteroatoms. The van der Waals surface area contributed by atoms with E-state index in [-0.39, 0.29) is 23.5 Å². The Labute approximate surface area is 151 Å². The molecule has 1 N–H and O–H groups in total. The lowest BCUT2D eigenvalue weighted by molar-refractivity contribution is -0.115. The zero-order chi connectivity index (χ0) is 18.2. The van der Waals surface area contributed by atoms with Crippen molar-refractivity contribution in [2.24, 2.45) is 5.16 Å². The maximum Gasteiger partial charge on any atom is 0.269 e. The Morgan fingerprint density at radius 2 is 2.15 bits per heavy atom. The number of sulfone groups is 1. The van der Waals surface area contributed by atoms with Gasteiger partial charge in [-0.1, -0.05) is 5.16 Å². The van der Waals surface area contributed by atoms with Crippen LogP contribution in [-0.2, 0) is 19.5 Å². The minimum Gasteiger partial charge on any atom is -0.386 e. The summed E-state index contributed by atoms with van der Waals surface area (Å²) in [5.74, 6) is 0.426. The summed E-state index contributed by atoms with van der Waals surface area (Å²) >= 11 is 0. The number of carbonyl (C=O) groups excluding carboxylic acids is 1. The molecule has 0 radical (unpaired) electrons. The average Bonchev–Trinajstić information content (AvgIpc) is 3.19. The molecule has 3 aliphatic heterocycles. The number of aromatic nitrogens is 2.